The van der Waals surface area contributed by atoms with Gasteiger partial charge in [-0.1, -0.05) is 6.92 Å². The number of rotatable bonds is 6. The van der Waals surface area contributed by atoms with Gasteiger partial charge in [-0.2, -0.15) is 0 Å². The van der Waals surface area contributed by atoms with Crippen molar-refractivity contribution in [1.29, 1.82) is 0 Å². The molecule has 0 saturated carbocycles. The molecule has 154 valence electrons. The highest BCUT2D eigenvalue weighted by molar-refractivity contribution is 5.91. The second-order valence-electron chi connectivity index (χ2n) is 8.22. The summed E-state index contributed by atoms with van der Waals surface area (Å²) in [4.78, 5) is 27.9. The van der Waals surface area contributed by atoms with Gasteiger partial charge in [0.2, 0.25) is 0 Å². The van der Waals surface area contributed by atoms with Crippen LogP contribution in [0.25, 0.3) is 0 Å². The summed E-state index contributed by atoms with van der Waals surface area (Å²) in [5.41, 5.74) is 2.08. The van der Waals surface area contributed by atoms with Gasteiger partial charge in [0.05, 0.1) is 25.6 Å². The van der Waals surface area contributed by atoms with Crippen LogP contribution in [-0.2, 0) is 14.3 Å². The third kappa shape index (κ3) is 5.71. The summed E-state index contributed by atoms with van der Waals surface area (Å²) in [6.07, 6.45) is 4.08. The fourth-order valence-corrected chi connectivity index (χ4v) is 4.15. The van der Waals surface area contributed by atoms with E-state index in [0.717, 1.165) is 50.6 Å². The number of quaternary nitrogens is 1. The summed E-state index contributed by atoms with van der Waals surface area (Å²) < 4.78 is 5.10. The Morgan fingerprint density at radius 2 is 1.75 bits per heavy atom. The predicted octanol–water partition coefficient (Wildman–Crippen LogP) is 1.72. The van der Waals surface area contributed by atoms with Crippen LogP contribution in [0.2, 0.25) is 0 Å². The van der Waals surface area contributed by atoms with Crippen molar-refractivity contribution in [2.75, 3.05) is 49.5 Å². The van der Waals surface area contributed by atoms with E-state index >= 15 is 0 Å². The van der Waals surface area contributed by atoms with Crippen LogP contribution in [0.1, 0.15) is 39.5 Å². The van der Waals surface area contributed by atoms with Crippen LogP contribution in [0.4, 0.5) is 11.4 Å². The van der Waals surface area contributed by atoms with Crippen molar-refractivity contribution in [3.63, 3.8) is 0 Å². The molecular formula is C22H34N3O3+. The summed E-state index contributed by atoms with van der Waals surface area (Å²) >= 11 is 0. The molecule has 2 aliphatic rings. The van der Waals surface area contributed by atoms with E-state index in [-0.39, 0.29) is 17.8 Å². The molecule has 1 aromatic rings. The normalized spacial score (nSPS) is 23.3. The molecule has 1 amide bonds. The van der Waals surface area contributed by atoms with Crippen LogP contribution in [-0.4, -0.2) is 51.2 Å². The van der Waals surface area contributed by atoms with Gasteiger partial charge >= 0.3 is 5.97 Å². The first kappa shape index (κ1) is 20.6. The number of hydrogen-bond acceptors (Lipinski definition) is 4. The second kappa shape index (κ2) is 9.92. The minimum absolute atomic E-state index is 0.00270. The lowest BCUT2D eigenvalue weighted by Crippen LogP contribution is -3.14. The number of anilines is 2. The van der Waals surface area contributed by atoms with Gasteiger partial charge < -0.3 is 19.9 Å². The second-order valence-corrected chi connectivity index (χ2v) is 8.22. The minimum Gasteiger partial charge on any atom is -0.466 e. The average molecular weight is 389 g/mol. The monoisotopic (exact) mass is 388 g/mol. The van der Waals surface area contributed by atoms with Crippen molar-refractivity contribution >= 4 is 23.3 Å². The van der Waals surface area contributed by atoms with E-state index in [1.54, 1.807) is 0 Å². The Morgan fingerprint density at radius 1 is 1.11 bits per heavy atom. The molecule has 0 spiro atoms. The average Bonchev–Trinajstić information content (AvgIpc) is 2.70. The molecule has 0 unspecified atom stereocenters. The Morgan fingerprint density at radius 3 is 2.36 bits per heavy atom. The van der Waals surface area contributed by atoms with Crippen LogP contribution in [0.5, 0.6) is 0 Å². The Balaban J connectivity index is 1.42. The molecule has 0 bridgehead atoms. The van der Waals surface area contributed by atoms with E-state index < -0.39 is 0 Å². The fraction of sp³-hybridized carbons (Fsp3) is 0.636. The molecule has 1 aromatic carbocycles. The summed E-state index contributed by atoms with van der Waals surface area (Å²) in [6, 6.07) is 8.19. The Kier molecular flexibility index (Phi) is 7.31. The van der Waals surface area contributed by atoms with E-state index in [0.29, 0.717) is 13.2 Å². The number of benzene rings is 1. The summed E-state index contributed by atoms with van der Waals surface area (Å²) in [5, 5.41) is 3.01. The summed E-state index contributed by atoms with van der Waals surface area (Å²) in [5.74, 6) is 0.759. The number of esters is 1. The van der Waals surface area contributed by atoms with Gasteiger partial charge in [-0.25, -0.2) is 0 Å². The Bertz CT molecular complexity index is 645. The third-order valence-electron chi connectivity index (χ3n) is 6.02. The molecule has 2 aliphatic heterocycles. The largest absolute Gasteiger partial charge is 0.466 e. The number of carbonyl (C=O) groups is 2. The SMILES string of the molecule is CCOC(=O)C1CC[NH+](CC(=O)Nc2ccc(N3CCC(C)CC3)cc2)CC1. The highest BCUT2D eigenvalue weighted by atomic mass is 16.5. The number of amides is 1. The van der Waals surface area contributed by atoms with Gasteiger partial charge in [0.1, 0.15) is 0 Å². The van der Waals surface area contributed by atoms with Gasteiger partial charge in [0.15, 0.2) is 6.54 Å². The van der Waals surface area contributed by atoms with Crippen molar-refractivity contribution < 1.29 is 19.2 Å². The van der Waals surface area contributed by atoms with Crippen LogP contribution in [0.3, 0.4) is 0 Å². The zero-order valence-corrected chi connectivity index (χ0v) is 17.2. The molecular weight excluding hydrogens is 354 g/mol. The number of ether oxygens (including phenoxy) is 1. The summed E-state index contributed by atoms with van der Waals surface area (Å²) in [6.45, 7) is 8.92. The topological polar surface area (TPSA) is 63.1 Å². The molecule has 0 radical (unpaired) electrons. The number of carbonyl (C=O) groups excluding carboxylic acids is 2. The van der Waals surface area contributed by atoms with E-state index in [2.05, 4.69) is 29.3 Å². The first-order valence-corrected chi connectivity index (χ1v) is 10.7. The smallest absolute Gasteiger partial charge is 0.309 e. The van der Waals surface area contributed by atoms with Gasteiger partial charge in [0, 0.05) is 37.3 Å². The van der Waals surface area contributed by atoms with Gasteiger partial charge in [0.25, 0.3) is 5.91 Å². The highest BCUT2D eigenvalue weighted by Crippen LogP contribution is 2.24. The molecule has 0 aliphatic carbocycles. The van der Waals surface area contributed by atoms with Crippen molar-refractivity contribution in [2.24, 2.45) is 11.8 Å². The number of piperidine rings is 2. The van der Waals surface area contributed by atoms with Crippen LogP contribution < -0.4 is 15.1 Å². The molecule has 3 rings (SSSR count). The number of hydrogen-bond donors (Lipinski definition) is 2. The Hall–Kier alpha value is -2.08. The van der Waals surface area contributed by atoms with Crippen molar-refractivity contribution in [3.05, 3.63) is 24.3 Å². The minimum atomic E-state index is -0.0887. The van der Waals surface area contributed by atoms with Crippen molar-refractivity contribution in [2.45, 2.75) is 39.5 Å². The maximum Gasteiger partial charge on any atom is 0.309 e. The zero-order valence-electron chi connectivity index (χ0n) is 17.2. The molecule has 0 aromatic heterocycles. The lowest BCUT2D eigenvalue weighted by Gasteiger charge is -2.32. The third-order valence-corrected chi connectivity index (χ3v) is 6.02. The molecule has 2 heterocycles. The molecule has 6 nitrogen and oxygen atoms in total. The molecule has 0 atom stereocenters. The lowest BCUT2D eigenvalue weighted by atomic mass is 9.97. The van der Waals surface area contributed by atoms with Crippen molar-refractivity contribution in [3.8, 4) is 0 Å². The van der Waals surface area contributed by atoms with E-state index in [1.165, 1.54) is 23.4 Å². The molecule has 2 N–H and O–H groups in total. The fourth-order valence-electron chi connectivity index (χ4n) is 4.15. The number of nitrogens with zero attached hydrogens (tertiary/aromatic N) is 1. The standard InChI is InChI=1S/C22H33N3O3/c1-3-28-22(27)18-10-12-24(13-11-18)16-21(26)23-19-4-6-20(7-5-19)25-14-8-17(2)9-15-25/h4-7,17-18H,3,8-16H2,1-2H3,(H,23,26)/p+1. The molecule has 2 fully saturated rings. The van der Waals surface area contributed by atoms with Crippen LogP contribution in [0.15, 0.2) is 24.3 Å². The number of likely N-dealkylation sites (tertiary alicyclic amines) is 1. The van der Waals surface area contributed by atoms with Gasteiger partial charge in [-0.05, 0) is 49.9 Å². The molecule has 28 heavy (non-hydrogen) atoms. The van der Waals surface area contributed by atoms with Crippen LogP contribution in [0, 0.1) is 11.8 Å². The quantitative estimate of drug-likeness (QED) is 0.729. The first-order chi connectivity index (χ1) is 13.5. The maximum absolute atomic E-state index is 12.4. The maximum atomic E-state index is 12.4. The zero-order chi connectivity index (χ0) is 19.9. The Labute approximate surface area is 168 Å². The van der Waals surface area contributed by atoms with Gasteiger partial charge in [-0.15, -0.1) is 0 Å². The van der Waals surface area contributed by atoms with E-state index in [9.17, 15) is 9.59 Å². The van der Waals surface area contributed by atoms with Crippen molar-refractivity contribution in [1.82, 2.24) is 0 Å². The lowest BCUT2D eigenvalue weighted by molar-refractivity contribution is -0.897. The first-order valence-electron chi connectivity index (χ1n) is 10.7. The van der Waals surface area contributed by atoms with E-state index in [4.69, 9.17) is 4.74 Å². The van der Waals surface area contributed by atoms with Gasteiger partial charge in [-0.3, -0.25) is 9.59 Å². The highest BCUT2D eigenvalue weighted by Gasteiger charge is 2.29. The number of nitrogens with one attached hydrogen (secondary N) is 2. The molecule has 6 heteroatoms. The summed E-state index contributed by atoms with van der Waals surface area (Å²) in [7, 11) is 0. The molecule has 2 saturated heterocycles. The predicted molar refractivity (Wildman–Crippen MR) is 111 cm³/mol. The van der Waals surface area contributed by atoms with E-state index in [1.807, 2.05) is 19.1 Å². The van der Waals surface area contributed by atoms with Crippen LogP contribution >= 0.6 is 0 Å².